The summed E-state index contributed by atoms with van der Waals surface area (Å²) in [6.07, 6.45) is 3.70. The Hall–Kier alpha value is -3.81. The van der Waals surface area contributed by atoms with Crippen LogP contribution in [0.5, 0.6) is 0 Å². The van der Waals surface area contributed by atoms with E-state index in [1.54, 1.807) is 6.08 Å². The molecule has 2 heterocycles. The smallest absolute Gasteiger partial charge is 0.294 e. The number of nitrogens with zero attached hydrogens (tertiary/aromatic N) is 2. The molecule has 1 aliphatic heterocycles. The first-order valence-corrected chi connectivity index (χ1v) is 12.9. The predicted octanol–water partition coefficient (Wildman–Crippen LogP) is 6.63. The predicted molar refractivity (Wildman–Crippen MR) is 150 cm³/mol. The van der Waals surface area contributed by atoms with Crippen LogP contribution >= 0.6 is 23.4 Å². The number of aromatic nitrogens is 1. The van der Waals surface area contributed by atoms with E-state index < -0.39 is 17.1 Å². The zero-order valence-electron chi connectivity index (χ0n) is 20.3. The number of fused-ring (bicyclic) bond motifs is 1. The van der Waals surface area contributed by atoms with Crippen molar-refractivity contribution in [3.8, 4) is 0 Å². The Kier molecular flexibility index (Phi) is 6.91. The highest BCUT2D eigenvalue weighted by Gasteiger charge is 2.36. The molecule has 1 N–H and O–H groups in total. The lowest BCUT2D eigenvalue weighted by atomic mass is 10.1. The fourth-order valence-electron chi connectivity index (χ4n) is 4.42. The van der Waals surface area contributed by atoms with Crippen LogP contribution < -0.4 is 5.32 Å². The van der Waals surface area contributed by atoms with Crippen molar-refractivity contribution >= 4 is 63.1 Å². The summed E-state index contributed by atoms with van der Waals surface area (Å²) in [5, 5.41) is 4.03. The molecule has 8 heteroatoms. The minimum Gasteiger partial charge on any atom is -0.342 e. The molecule has 0 saturated carbocycles. The molecule has 6 nitrogen and oxygen atoms in total. The number of imide groups is 1. The second-order valence-electron chi connectivity index (χ2n) is 8.94. The monoisotopic (exact) mass is 529 g/mol. The highest BCUT2D eigenvalue weighted by atomic mass is 35.5. The fourth-order valence-corrected chi connectivity index (χ4v) is 5.37. The van der Waals surface area contributed by atoms with Crippen LogP contribution in [0.1, 0.15) is 22.3 Å². The Morgan fingerprint density at radius 2 is 1.68 bits per heavy atom. The Bertz CT molecular complexity index is 1550. The SMILES string of the molecule is Cc1cccc(C)c1NC(=O)CN1C(=O)S/C(=C\c2cn(Cc3ccc(Cl)cc3)c3ccccc23)C1=O. The van der Waals surface area contributed by atoms with Crippen LogP contribution in [0.25, 0.3) is 17.0 Å². The molecule has 1 saturated heterocycles. The number of benzene rings is 3. The molecule has 0 aliphatic carbocycles. The van der Waals surface area contributed by atoms with Gasteiger partial charge in [-0.15, -0.1) is 0 Å². The van der Waals surface area contributed by atoms with E-state index in [9.17, 15) is 14.4 Å². The molecule has 1 fully saturated rings. The van der Waals surface area contributed by atoms with E-state index in [4.69, 9.17) is 11.6 Å². The number of nitrogens with one attached hydrogen (secondary N) is 1. The Balaban J connectivity index is 1.38. The lowest BCUT2D eigenvalue weighted by Gasteiger charge is -2.15. The molecule has 0 radical (unpaired) electrons. The third kappa shape index (κ3) is 5.19. The molecule has 186 valence electrons. The molecule has 0 atom stereocenters. The van der Waals surface area contributed by atoms with Gasteiger partial charge in [-0.25, -0.2) is 0 Å². The van der Waals surface area contributed by atoms with Gasteiger partial charge in [0.05, 0.1) is 4.91 Å². The van der Waals surface area contributed by atoms with Gasteiger partial charge in [-0.2, -0.15) is 0 Å². The molecular weight excluding hydrogens is 506 g/mol. The zero-order chi connectivity index (χ0) is 26.1. The maximum atomic E-state index is 13.1. The van der Waals surface area contributed by atoms with Gasteiger partial charge < -0.3 is 9.88 Å². The van der Waals surface area contributed by atoms with Crippen molar-refractivity contribution in [2.75, 3.05) is 11.9 Å². The maximum absolute atomic E-state index is 13.1. The van der Waals surface area contributed by atoms with Gasteiger partial charge in [-0.05, 0) is 66.6 Å². The summed E-state index contributed by atoms with van der Waals surface area (Å²) in [5.74, 6) is -0.887. The summed E-state index contributed by atoms with van der Waals surface area (Å²) in [6.45, 7) is 4.09. The molecule has 3 aromatic carbocycles. The van der Waals surface area contributed by atoms with Gasteiger partial charge in [0.2, 0.25) is 5.91 Å². The molecule has 0 spiro atoms. The normalized spacial score (nSPS) is 14.7. The summed E-state index contributed by atoms with van der Waals surface area (Å²) in [4.78, 5) is 39.8. The molecule has 37 heavy (non-hydrogen) atoms. The van der Waals surface area contributed by atoms with Crippen molar-refractivity contribution < 1.29 is 14.4 Å². The van der Waals surface area contributed by atoms with E-state index in [1.807, 2.05) is 86.8 Å². The number of hydrogen-bond acceptors (Lipinski definition) is 4. The first kappa shape index (κ1) is 24.9. The molecule has 4 aromatic rings. The first-order valence-electron chi connectivity index (χ1n) is 11.7. The number of amides is 3. The van der Waals surface area contributed by atoms with E-state index in [2.05, 4.69) is 9.88 Å². The average Bonchev–Trinajstić information content (AvgIpc) is 3.35. The van der Waals surface area contributed by atoms with Crippen molar-refractivity contribution in [3.63, 3.8) is 0 Å². The van der Waals surface area contributed by atoms with E-state index in [0.29, 0.717) is 22.2 Å². The maximum Gasteiger partial charge on any atom is 0.294 e. The third-order valence-electron chi connectivity index (χ3n) is 6.29. The topological polar surface area (TPSA) is 71.4 Å². The van der Waals surface area contributed by atoms with Crippen LogP contribution in [0, 0.1) is 13.8 Å². The van der Waals surface area contributed by atoms with Crippen molar-refractivity contribution in [1.82, 2.24) is 9.47 Å². The summed E-state index contributed by atoms with van der Waals surface area (Å²) in [5.41, 5.74) is 5.45. The highest BCUT2D eigenvalue weighted by Crippen LogP contribution is 2.34. The van der Waals surface area contributed by atoms with Crippen LogP contribution in [0.3, 0.4) is 0 Å². The number of carbonyl (C=O) groups excluding carboxylic acids is 3. The van der Waals surface area contributed by atoms with Crippen LogP contribution in [0.4, 0.5) is 10.5 Å². The number of halogens is 1. The van der Waals surface area contributed by atoms with Crippen molar-refractivity contribution in [1.29, 1.82) is 0 Å². The molecular formula is C29H24ClN3O3S. The van der Waals surface area contributed by atoms with Gasteiger partial charge in [0.1, 0.15) is 6.54 Å². The average molecular weight is 530 g/mol. The number of aryl methyl sites for hydroxylation is 2. The van der Waals surface area contributed by atoms with E-state index in [0.717, 1.165) is 49.8 Å². The number of anilines is 1. The van der Waals surface area contributed by atoms with Crippen molar-refractivity contribution in [2.45, 2.75) is 20.4 Å². The second kappa shape index (κ2) is 10.3. The Morgan fingerprint density at radius 1 is 0.973 bits per heavy atom. The number of carbonyl (C=O) groups is 3. The number of rotatable bonds is 6. The Labute approximate surface area is 223 Å². The number of para-hydroxylation sites is 2. The van der Waals surface area contributed by atoms with Gasteiger partial charge in [0, 0.05) is 39.9 Å². The highest BCUT2D eigenvalue weighted by molar-refractivity contribution is 8.18. The van der Waals surface area contributed by atoms with Gasteiger partial charge in [-0.1, -0.05) is 60.1 Å². The largest absolute Gasteiger partial charge is 0.342 e. The number of hydrogen-bond donors (Lipinski definition) is 1. The third-order valence-corrected chi connectivity index (χ3v) is 7.45. The summed E-state index contributed by atoms with van der Waals surface area (Å²) >= 11 is 6.88. The molecule has 0 unspecified atom stereocenters. The van der Waals surface area contributed by atoms with Crippen LogP contribution in [0.2, 0.25) is 5.02 Å². The van der Waals surface area contributed by atoms with E-state index in [1.165, 1.54) is 0 Å². The zero-order valence-corrected chi connectivity index (χ0v) is 21.9. The number of thioether (sulfide) groups is 1. The molecule has 1 aliphatic rings. The quantitative estimate of drug-likeness (QED) is 0.284. The summed E-state index contributed by atoms with van der Waals surface area (Å²) in [7, 11) is 0. The Morgan fingerprint density at radius 3 is 2.41 bits per heavy atom. The van der Waals surface area contributed by atoms with Crippen LogP contribution in [-0.2, 0) is 16.1 Å². The van der Waals surface area contributed by atoms with Crippen LogP contribution in [-0.4, -0.2) is 33.1 Å². The van der Waals surface area contributed by atoms with Crippen molar-refractivity contribution in [2.24, 2.45) is 0 Å². The molecule has 3 amide bonds. The molecule has 5 rings (SSSR count). The van der Waals surface area contributed by atoms with Crippen molar-refractivity contribution in [3.05, 3.63) is 105 Å². The molecule has 0 bridgehead atoms. The van der Waals surface area contributed by atoms with Crippen LogP contribution in [0.15, 0.2) is 77.8 Å². The van der Waals surface area contributed by atoms with E-state index in [-0.39, 0.29) is 6.54 Å². The standard InChI is InChI=1S/C29H24ClN3O3S/c1-18-6-5-7-19(2)27(18)31-26(34)17-33-28(35)25(37-29(33)36)14-21-16-32(24-9-4-3-8-23(21)24)15-20-10-12-22(30)13-11-20/h3-14,16H,15,17H2,1-2H3,(H,31,34)/b25-14-. The first-order chi connectivity index (χ1) is 17.8. The summed E-state index contributed by atoms with van der Waals surface area (Å²) in [6, 6.07) is 21.3. The fraction of sp³-hybridized carbons (Fsp3) is 0.138. The van der Waals surface area contributed by atoms with Gasteiger partial charge in [-0.3, -0.25) is 19.3 Å². The lowest BCUT2D eigenvalue weighted by Crippen LogP contribution is -2.36. The van der Waals surface area contributed by atoms with Gasteiger partial charge in [0.25, 0.3) is 11.1 Å². The summed E-state index contributed by atoms with van der Waals surface area (Å²) < 4.78 is 2.10. The van der Waals surface area contributed by atoms with Gasteiger partial charge in [0.15, 0.2) is 0 Å². The minimum absolute atomic E-state index is 0.291. The van der Waals surface area contributed by atoms with Gasteiger partial charge >= 0.3 is 0 Å². The lowest BCUT2D eigenvalue weighted by molar-refractivity contribution is -0.127. The minimum atomic E-state index is -0.471. The second-order valence-corrected chi connectivity index (χ2v) is 10.4. The molecule has 1 aromatic heterocycles. The van der Waals surface area contributed by atoms with E-state index >= 15 is 0 Å².